The molecule has 0 N–H and O–H groups in total. The second-order valence-corrected chi connectivity index (χ2v) is 8.97. The Balaban J connectivity index is 1.48. The predicted molar refractivity (Wildman–Crippen MR) is 145 cm³/mol. The number of carbonyl (C=O) groups is 1. The molecule has 7 heteroatoms. The van der Waals surface area contributed by atoms with Crippen molar-refractivity contribution in [2.45, 2.75) is 39.5 Å². The zero-order valence-electron chi connectivity index (χ0n) is 21.6. The predicted octanol–water partition coefficient (Wildman–Crippen LogP) is 5.83. The van der Waals surface area contributed by atoms with Crippen molar-refractivity contribution in [2.75, 3.05) is 13.2 Å². The van der Waals surface area contributed by atoms with Crippen molar-refractivity contribution >= 4 is 5.91 Å². The molecule has 0 bridgehead atoms. The average molecular weight is 509 g/mol. The van der Waals surface area contributed by atoms with Crippen molar-refractivity contribution in [3.05, 3.63) is 119 Å². The summed E-state index contributed by atoms with van der Waals surface area (Å²) in [6.07, 6.45) is 3.66. The average Bonchev–Trinajstić information content (AvgIpc) is 3.41. The van der Waals surface area contributed by atoms with Gasteiger partial charge < -0.3 is 14.1 Å². The van der Waals surface area contributed by atoms with Crippen molar-refractivity contribution in [3.63, 3.8) is 0 Å². The highest BCUT2D eigenvalue weighted by Crippen LogP contribution is 2.20. The summed E-state index contributed by atoms with van der Waals surface area (Å²) in [5, 5.41) is 9.08. The largest absolute Gasteiger partial charge is 0.494 e. The maximum absolute atomic E-state index is 13.3. The topological polar surface area (TPSA) is 82.6 Å². The van der Waals surface area contributed by atoms with E-state index in [1.54, 1.807) is 23.4 Å². The Labute approximate surface area is 223 Å². The van der Waals surface area contributed by atoms with Crippen molar-refractivity contribution in [3.8, 4) is 11.8 Å². The minimum absolute atomic E-state index is 0.239. The Morgan fingerprint density at radius 3 is 2.32 bits per heavy atom. The van der Waals surface area contributed by atoms with E-state index >= 15 is 0 Å². The third-order valence-electron chi connectivity index (χ3n) is 6.02. The third kappa shape index (κ3) is 7.79. The van der Waals surface area contributed by atoms with Gasteiger partial charge in [-0.2, -0.15) is 5.26 Å². The number of amides is 1. The molecule has 0 atom stereocenters. The summed E-state index contributed by atoms with van der Waals surface area (Å²) < 4.78 is 11.6. The number of carbonyl (C=O) groups excluding carboxylic acids is 1. The molecule has 2 aromatic heterocycles. The number of benzene rings is 2. The maximum Gasteiger partial charge on any atom is 0.289 e. The van der Waals surface area contributed by atoms with E-state index in [2.05, 4.69) is 40.2 Å². The van der Waals surface area contributed by atoms with Crippen LogP contribution in [0.5, 0.6) is 5.75 Å². The number of aromatic nitrogens is 1. The number of furan rings is 1. The van der Waals surface area contributed by atoms with Crippen LogP contribution < -0.4 is 4.74 Å². The molecule has 0 unspecified atom stereocenters. The molecule has 0 saturated heterocycles. The second-order valence-electron chi connectivity index (χ2n) is 8.97. The molecule has 2 heterocycles. The molecule has 0 fully saturated rings. The smallest absolute Gasteiger partial charge is 0.289 e. The summed E-state index contributed by atoms with van der Waals surface area (Å²) >= 11 is 0. The van der Waals surface area contributed by atoms with Crippen LogP contribution in [0.25, 0.3) is 0 Å². The van der Waals surface area contributed by atoms with E-state index in [9.17, 15) is 4.79 Å². The van der Waals surface area contributed by atoms with Crippen LogP contribution in [0.2, 0.25) is 0 Å². The first-order valence-electron chi connectivity index (χ1n) is 12.8. The number of nitrogens with zero attached hydrogens (tertiary/aromatic N) is 4. The SMILES string of the molecule is CCOc1ccc(CN(Cc2ccccc2)Cc2ccc(C(=O)N(CCC#N)Cc3cccnc3)o2)cc1. The van der Waals surface area contributed by atoms with Gasteiger partial charge >= 0.3 is 0 Å². The number of hydrogen-bond acceptors (Lipinski definition) is 6. The molecule has 1 amide bonds. The fraction of sp³-hybridized carbons (Fsp3) is 0.258. The number of ether oxygens (including phenoxy) is 1. The zero-order valence-corrected chi connectivity index (χ0v) is 21.6. The molecule has 0 aliphatic rings. The summed E-state index contributed by atoms with van der Waals surface area (Å²) in [6, 6.07) is 27.9. The Kier molecular flexibility index (Phi) is 9.66. The van der Waals surface area contributed by atoms with Gasteiger partial charge in [-0.3, -0.25) is 14.7 Å². The third-order valence-corrected chi connectivity index (χ3v) is 6.02. The van der Waals surface area contributed by atoms with Crippen LogP contribution in [0.1, 0.15) is 46.3 Å². The molecular weight excluding hydrogens is 476 g/mol. The highest BCUT2D eigenvalue weighted by atomic mass is 16.5. The van der Waals surface area contributed by atoms with E-state index in [1.807, 2.05) is 55.5 Å². The molecular formula is C31H32N4O3. The fourth-order valence-electron chi connectivity index (χ4n) is 4.23. The molecule has 0 radical (unpaired) electrons. The van der Waals surface area contributed by atoms with E-state index in [1.165, 1.54) is 5.56 Å². The minimum Gasteiger partial charge on any atom is -0.494 e. The van der Waals surface area contributed by atoms with Crippen LogP contribution in [0.4, 0.5) is 0 Å². The summed E-state index contributed by atoms with van der Waals surface area (Å²) in [7, 11) is 0. The van der Waals surface area contributed by atoms with Gasteiger partial charge in [0.25, 0.3) is 5.91 Å². The van der Waals surface area contributed by atoms with Gasteiger partial charge in [0.05, 0.1) is 25.6 Å². The number of pyridine rings is 1. The molecule has 4 aromatic rings. The van der Waals surface area contributed by atoms with Crippen molar-refractivity contribution in [1.29, 1.82) is 5.26 Å². The molecule has 194 valence electrons. The summed E-state index contributed by atoms with van der Waals surface area (Å²) in [5.41, 5.74) is 3.25. The first-order valence-corrected chi connectivity index (χ1v) is 12.8. The van der Waals surface area contributed by atoms with E-state index in [0.717, 1.165) is 23.4 Å². The van der Waals surface area contributed by atoms with Gasteiger partial charge in [-0.05, 0) is 53.9 Å². The van der Waals surface area contributed by atoms with Crippen LogP contribution in [0, 0.1) is 11.3 Å². The lowest BCUT2D eigenvalue weighted by Crippen LogP contribution is -2.31. The van der Waals surface area contributed by atoms with E-state index in [0.29, 0.717) is 38.5 Å². The summed E-state index contributed by atoms with van der Waals surface area (Å²) in [6.45, 7) is 5.26. The normalized spacial score (nSPS) is 10.8. The lowest BCUT2D eigenvalue weighted by molar-refractivity contribution is 0.0710. The van der Waals surface area contributed by atoms with Gasteiger partial charge in [0, 0.05) is 38.6 Å². The standard InChI is InChI=1S/C31H32N4O3/c1-2-37-28-13-11-26(12-14-28)22-34(21-25-8-4-3-5-9-25)24-29-15-16-30(38-29)31(36)35(19-7-17-32)23-27-10-6-18-33-20-27/h3-6,8-16,18,20H,2,7,19,21-24H2,1H3. The van der Waals surface area contributed by atoms with E-state index in [-0.39, 0.29) is 18.1 Å². The fourth-order valence-corrected chi connectivity index (χ4v) is 4.23. The van der Waals surface area contributed by atoms with Gasteiger partial charge in [-0.25, -0.2) is 0 Å². The lowest BCUT2D eigenvalue weighted by Gasteiger charge is -2.22. The van der Waals surface area contributed by atoms with Gasteiger partial charge in [-0.15, -0.1) is 0 Å². The zero-order chi connectivity index (χ0) is 26.6. The Morgan fingerprint density at radius 1 is 0.895 bits per heavy atom. The van der Waals surface area contributed by atoms with Crippen LogP contribution in [-0.4, -0.2) is 33.8 Å². The number of rotatable bonds is 13. The van der Waals surface area contributed by atoms with Crippen LogP contribution in [0.15, 0.2) is 95.7 Å². The first kappa shape index (κ1) is 26.6. The Hall–Kier alpha value is -4.41. The van der Waals surface area contributed by atoms with Gasteiger partial charge in [0.2, 0.25) is 0 Å². The first-order chi connectivity index (χ1) is 18.6. The molecule has 4 rings (SSSR count). The highest BCUT2D eigenvalue weighted by molar-refractivity contribution is 5.91. The summed E-state index contributed by atoms with van der Waals surface area (Å²) in [5.74, 6) is 1.59. The molecule has 0 aliphatic heterocycles. The quantitative estimate of drug-likeness (QED) is 0.226. The molecule has 0 saturated carbocycles. The molecule has 2 aromatic carbocycles. The van der Waals surface area contributed by atoms with Crippen molar-refractivity contribution < 1.29 is 13.9 Å². The molecule has 0 aliphatic carbocycles. The van der Waals surface area contributed by atoms with Crippen molar-refractivity contribution in [1.82, 2.24) is 14.8 Å². The second kappa shape index (κ2) is 13.8. The van der Waals surface area contributed by atoms with E-state index in [4.69, 9.17) is 14.4 Å². The summed E-state index contributed by atoms with van der Waals surface area (Å²) in [4.78, 5) is 21.3. The van der Waals surface area contributed by atoms with Gasteiger partial charge in [-0.1, -0.05) is 48.5 Å². The number of hydrogen-bond donors (Lipinski definition) is 0. The van der Waals surface area contributed by atoms with E-state index < -0.39 is 0 Å². The van der Waals surface area contributed by atoms with Crippen LogP contribution in [0.3, 0.4) is 0 Å². The Bertz CT molecular complexity index is 1310. The lowest BCUT2D eigenvalue weighted by atomic mass is 10.1. The number of nitriles is 1. The monoisotopic (exact) mass is 508 g/mol. The Morgan fingerprint density at radius 2 is 1.63 bits per heavy atom. The van der Waals surface area contributed by atoms with Gasteiger partial charge in [0.15, 0.2) is 5.76 Å². The minimum atomic E-state index is -0.239. The van der Waals surface area contributed by atoms with Crippen molar-refractivity contribution in [2.24, 2.45) is 0 Å². The molecule has 0 spiro atoms. The van der Waals surface area contributed by atoms with Crippen LogP contribution >= 0.6 is 0 Å². The van der Waals surface area contributed by atoms with Gasteiger partial charge in [0.1, 0.15) is 11.5 Å². The molecule has 7 nitrogen and oxygen atoms in total. The molecule has 38 heavy (non-hydrogen) atoms. The highest BCUT2D eigenvalue weighted by Gasteiger charge is 2.21. The van der Waals surface area contributed by atoms with Crippen LogP contribution in [-0.2, 0) is 26.2 Å². The maximum atomic E-state index is 13.3.